The van der Waals surface area contributed by atoms with Crippen LogP contribution in [-0.4, -0.2) is 36.1 Å². The van der Waals surface area contributed by atoms with Gasteiger partial charge in [-0.1, -0.05) is 11.6 Å². The minimum absolute atomic E-state index is 0.00106. The lowest BCUT2D eigenvalue weighted by atomic mass is 10.1. The third-order valence-corrected chi connectivity index (χ3v) is 3.31. The Hall–Kier alpha value is -1.55. The number of hydrogen-bond acceptors (Lipinski definition) is 3. The zero-order valence-electron chi connectivity index (χ0n) is 11.1. The van der Waals surface area contributed by atoms with E-state index in [1.807, 2.05) is 37.8 Å². The van der Waals surface area contributed by atoms with E-state index in [9.17, 15) is 4.79 Å². The molecule has 4 nitrogen and oxygen atoms in total. The van der Waals surface area contributed by atoms with Crippen LogP contribution in [0.5, 0.6) is 0 Å². The van der Waals surface area contributed by atoms with E-state index in [2.05, 4.69) is 0 Å². The molecule has 1 aromatic carbocycles. The summed E-state index contributed by atoms with van der Waals surface area (Å²) in [6, 6.07) is 5.65. The van der Waals surface area contributed by atoms with Gasteiger partial charge in [-0.2, -0.15) is 0 Å². The lowest BCUT2D eigenvalue weighted by Gasteiger charge is -2.37. The van der Waals surface area contributed by atoms with Crippen LogP contribution in [0.3, 0.4) is 0 Å². The van der Waals surface area contributed by atoms with E-state index in [4.69, 9.17) is 10.5 Å². The van der Waals surface area contributed by atoms with E-state index in [1.54, 1.807) is 6.07 Å². The number of anilines is 1. The highest BCUT2D eigenvalue weighted by Crippen LogP contribution is 2.20. The molecular weight excluding hydrogens is 228 g/mol. The van der Waals surface area contributed by atoms with Crippen LogP contribution in [0.2, 0.25) is 0 Å². The van der Waals surface area contributed by atoms with Gasteiger partial charge in [0.25, 0.3) is 5.91 Å². The molecule has 1 aliphatic rings. The van der Waals surface area contributed by atoms with Gasteiger partial charge < -0.3 is 15.4 Å². The number of rotatable bonds is 1. The molecule has 2 rings (SSSR count). The fourth-order valence-electron chi connectivity index (χ4n) is 2.20. The Labute approximate surface area is 108 Å². The smallest absolute Gasteiger partial charge is 0.256 e. The first-order valence-corrected chi connectivity index (χ1v) is 6.27. The van der Waals surface area contributed by atoms with Crippen molar-refractivity contribution in [2.24, 2.45) is 0 Å². The molecule has 0 saturated carbocycles. The summed E-state index contributed by atoms with van der Waals surface area (Å²) in [7, 11) is 0. The summed E-state index contributed by atoms with van der Waals surface area (Å²) in [4.78, 5) is 14.4. The molecule has 1 aliphatic heterocycles. The van der Waals surface area contributed by atoms with Crippen LogP contribution in [0.4, 0.5) is 5.69 Å². The number of benzene rings is 1. The SMILES string of the molecule is Cc1ccc(N)c(C(=O)N2CC(C)OCC2C)c1. The molecule has 2 atom stereocenters. The largest absolute Gasteiger partial charge is 0.398 e. The van der Waals surface area contributed by atoms with Gasteiger partial charge in [-0.05, 0) is 32.9 Å². The van der Waals surface area contributed by atoms with Crippen molar-refractivity contribution >= 4 is 11.6 Å². The summed E-state index contributed by atoms with van der Waals surface area (Å²) in [5, 5.41) is 0. The van der Waals surface area contributed by atoms with Crippen molar-refractivity contribution in [1.82, 2.24) is 4.90 Å². The van der Waals surface area contributed by atoms with E-state index >= 15 is 0 Å². The Bertz CT molecular complexity index is 459. The van der Waals surface area contributed by atoms with Gasteiger partial charge in [-0.15, -0.1) is 0 Å². The topological polar surface area (TPSA) is 55.6 Å². The van der Waals surface area contributed by atoms with Crippen molar-refractivity contribution in [3.8, 4) is 0 Å². The van der Waals surface area contributed by atoms with Crippen LogP contribution in [0.1, 0.15) is 29.8 Å². The van der Waals surface area contributed by atoms with Crippen molar-refractivity contribution in [3.05, 3.63) is 29.3 Å². The molecule has 1 fully saturated rings. The van der Waals surface area contributed by atoms with Gasteiger partial charge >= 0.3 is 0 Å². The van der Waals surface area contributed by atoms with Gasteiger partial charge in [0, 0.05) is 12.2 Å². The molecular formula is C14H20N2O2. The number of aryl methyl sites for hydroxylation is 1. The quantitative estimate of drug-likeness (QED) is 0.771. The first kappa shape index (κ1) is 12.9. The highest BCUT2D eigenvalue weighted by molar-refractivity contribution is 5.99. The number of nitrogens with two attached hydrogens (primary N) is 1. The van der Waals surface area contributed by atoms with Crippen molar-refractivity contribution < 1.29 is 9.53 Å². The van der Waals surface area contributed by atoms with E-state index in [0.717, 1.165) is 5.56 Å². The Morgan fingerprint density at radius 2 is 2.17 bits per heavy atom. The molecule has 0 bridgehead atoms. The average Bonchev–Trinajstić information content (AvgIpc) is 2.34. The molecule has 2 unspecified atom stereocenters. The number of morpholine rings is 1. The second-order valence-corrected chi connectivity index (χ2v) is 5.04. The molecule has 1 amide bonds. The number of nitrogen functional groups attached to an aromatic ring is 1. The first-order chi connectivity index (χ1) is 8.49. The number of carbonyl (C=O) groups is 1. The predicted octanol–water partition coefficient (Wildman–Crippen LogP) is 1.83. The first-order valence-electron chi connectivity index (χ1n) is 6.27. The highest BCUT2D eigenvalue weighted by Gasteiger charge is 2.29. The Kier molecular flexibility index (Phi) is 3.57. The average molecular weight is 248 g/mol. The maximum Gasteiger partial charge on any atom is 0.256 e. The molecule has 0 aromatic heterocycles. The van der Waals surface area contributed by atoms with E-state index in [1.165, 1.54) is 0 Å². The third kappa shape index (κ3) is 2.48. The summed E-state index contributed by atoms with van der Waals surface area (Å²) >= 11 is 0. The minimum Gasteiger partial charge on any atom is -0.398 e. The number of hydrogen-bond donors (Lipinski definition) is 1. The summed E-state index contributed by atoms with van der Waals surface area (Å²) in [6.07, 6.45) is 0.0798. The number of nitrogens with zero attached hydrogens (tertiary/aromatic N) is 1. The lowest BCUT2D eigenvalue weighted by molar-refractivity contribution is -0.0386. The zero-order chi connectivity index (χ0) is 13.3. The van der Waals surface area contributed by atoms with Crippen molar-refractivity contribution in [3.63, 3.8) is 0 Å². The van der Waals surface area contributed by atoms with Gasteiger partial charge in [0.15, 0.2) is 0 Å². The Balaban J connectivity index is 2.27. The summed E-state index contributed by atoms with van der Waals surface area (Å²) in [6.45, 7) is 7.13. The van der Waals surface area contributed by atoms with Crippen LogP contribution >= 0.6 is 0 Å². The van der Waals surface area contributed by atoms with Crippen LogP contribution in [0.25, 0.3) is 0 Å². The van der Waals surface area contributed by atoms with Gasteiger partial charge in [-0.25, -0.2) is 0 Å². The monoisotopic (exact) mass is 248 g/mol. The molecule has 0 aliphatic carbocycles. The van der Waals surface area contributed by atoms with E-state index < -0.39 is 0 Å². The maximum atomic E-state index is 12.5. The highest BCUT2D eigenvalue weighted by atomic mass is 16.5. The lowest BCUT2D eigenvalue weighted by Crippen LogP contribution is -2.50. The van der Waals surface area contributed by atoms with Gasteiger partial charge in [0.1, 0.15) is 0 Å². The number of ether oxygens (including phenoxy) is 1. The standard InChI is InChI=1S/C14H20N2O2/c1-9-4-5-13(15)12(6-9)14(17)16-7-11(3)18-8-10(16)2/h4-6,10-11H,7-8,15H2,1-3H3. The molecule has 98 valence electrons. The van der Waals surface area contributed by atoms with Crippen LogP contribution < -0.4 is 5.73 Å². The molecule has 2 N–H and O–H groups in total. The number of carbonyl (C=O) groups excluding carboxylic acids is 1. The zero-order valence-corrected chi connectivity index (χ0v) is 11.1. The van der Waals surface area contributed by atoms with Gasteiger partial charge in [0.2, 0.25) is 0 Å². The van der Waals surface area contributed by atoms with Crippen molar-refractivity contribution in [1.29, 1.82) is 0 Å². The molecule has 18 heavy (non-hydrogen) atoms. The van der Waals surface area contributed by atoms with Crippen molar-refractivity contribution in [2.45, 2.75) is 32.9 Å². The van der Waals surface area contributed by atoms with Crippen molar-refractivity contribution in [2.75, 3.05) is 18.9 Å². The maximum absolute atomic E-state index is 12.5. The normalized spacial score (nSPS) is 24.1. The summed E-state index contributed by atoms with van der Waals surface area (Å²) < 4.78 is 5.54. The fourth-order valence-corrected chi connectivity index (χ4v) is 2.20. The van der Waals surface area contributed by atoms with E-state index in [0.29, 0.717) is 24.4 Å². The molecule has 4 heteroatoms. The molecule has 1 saturated heterocycles. The van der Waals surface area contributed by atoms with E-state index in [-0.39, 0.29) is 18.1 Å². The molecule has 0 radical (unpaired) electrons. The van der Waals surface area contributed by atoms with Gasteiger partial charge in [0.05, 0.1) is 24.3 Å². The predicted molar refractivity (Wildman–Crippen MR) is 71.5 cm³/mol. The van der Waals surface area contributed by atoms with Crippen LogP contribution in [-0.2, 0) is 4.74 Å². The molecule has 0 spiro atoms. The van der Waals surface area contributed by atoms with Crippen LogP contribution in [0.15, 0.2) is 18.2 Å². The Morgan fingerprint density at radius 3 is 2.89 bits per heavy atom. The molecule has 1 aromatic rings. The minimum atomic E-state index is -0.00106. The summed E-state index contributed by atoms with van der Waals surface area (Å²) in [5.74, 6) is -0.00106. The van der Waals surface area contributed by atoms with Gasteiger partial charge in [-0.3, -0.25) is 4.79 Å². The second-order valence-electron chi connectivity index (χ2n) is 5.04. The Morgan fingerprint density at radius 1 is 1.44 bits per heavy atom. The molecule has 1 heterocycles. The number of amides is 1. The van der Waals surface area contributed by atoms with Crippen LogP contribution in [0, 0.1) is 6.92 Å². The third-order valence-electron chi connectivity index (χ3n) is 3.31. The summed E-state index contributed by atoms with van der Waals surface area (Å²) in [5.41, 5.74) is 8.07. The fraction of sp³-hybridized carbons (Fsp3) is 0.500. The second kappa shape index (κ2) is 4.98.